The molecule has 0 aromatic rings. The molecule has 0 fully saturated rings. The van der Waals surface area contributed by atoms with Gasteiger partial charge in [-0.15, -0.1) is 13.2 Å². The van der Waals surface area contributed by atoms with E-state index < -0.39 is 11.7 Å². The van der Waals surface area contributed by atoms with E-state index in [1.807, 2.05) is 0 Å². The third-order valence-corrected chi connectivity index (χ3v) is 1.87. The first kappa shape index (κ1) is 12.4. The SMILES string of the molecule is C=CCC(O)(CC=C)C[C@H](O)CO. The summed E-state index contributed by atoms with van der Waals surface area (Å²) in [7, 11) is 0. The zero-order chi connectivity index (χ0) is 10.3. The third kappa shape index (κ3) is 4.83. The lowest BCUT2D eigenvalue weighted by Crippen LogP contribution is -2.33. The Labute approximate surface area is 79.0 Å². The number of aliphatic hydroxyl groups is 3. The van der Waals surface area contributed by atoms with Crippen LogP contribution in [-0.2, 0) is 0 Å². The molecule has 0 unspecified atom stereocenters. The summed E-state index contributed by atoms with van der Waals surface area (Å²) in [6.45, 7) is 6.71. The van der Waals surface area contributed by atoms with Crippen molar-refractivity contribution < 1.29 is 15.3 Å². The van der Waals surface area contributed by atoms with E-state index >= 15 is 0 Å². The van der Waals surface area contributed by atoms with Gasteiger partial charge in [-0.3, -0.25) is 0 Å². The van der Waals surface area contributed by atoms with Gasteiger partial charge in [0.2, 0.25) is 0 Å². The van der Waals surface area contributed by atoms with Crippen molar-refractivity contribution in [2.75, 3.05) is 6.61 Å². The van der Waals surface area contributed by atoms with Gasteiger partial charge in [0.15, 0.2) is 0 Å². The van der Waals surface area contributed by atoms with Gasteiger partial charge >= 0.3 is 0 Å². The molecule has 76 valence electrons. The minimum Gasteiger partial charge on any atom is -0.394 e. The second-order valence-corrected chi connectivity index (χ2v) is 3.25. The summed E-state index contributed by atoms with van der Waals surface area (Å²) in [5, 5.41) is 27.7. The van der Waals surface area contributed by atoms with Crippen molar-refractivity contribution in [1.82, 2.24) is 0 Å². The second kappa shape index (κ2) is 5.91. The zero-order valence-electron chi connectivity index (χ0n) is 7.82. The highest BCUT2D eigenvalue weighted by atomic mass is 16.3. The van der Waals surface area contributed by atoms with E-state index in [4.69, 9.17) is 10.2 Å². The maximum absolute atomic E-state index is 9.90. The first-order valence-electron chi connectivity index (χ1n) is 4.31. The molecule has 0 aliphatic rings. The number of hydrogen-bond donors (Lipinski definition) is 3. The molecular formula is C10H18O3. The van der Waals surface area contributed by atoms with Crippen LogP contribution < -0.4 is 0 Å². The first-order valence-corrected chi connectivity index (χ1v) is 4.31. The van der Waals surface area contributed by atoms with Gasteiger partial charge in [0, 0.05) is 6.42 Å². The standard InChI is InChI=1S/C10H18O3/c1-3-5-10(13,6-4-2)7-9(12)8-11/h3-4,9,11-13H,1-2,5-8H2/t9-/m0/s1. The molecule has 0 aromatic heterocycles. The molecule has 0 amide bonds. The van der Waals surface area contributed by atoms with Crippen LogP contribution in [0.5, 0.6) is 0 Å². The van der Waals surface area contributed by atoms with Crippen molar-refractivity contribution in [3.05, 3.63) is 25.3 Å². The van der Waals surface area contributed by atoms with Crippen LogP contribution in [0.25, 0.3) is 0 Å². The predicted octanol–water partition coefficient (Wildman–Crippen LogP) is 0.613. The normalized spacial score (nSPS) is 13.8. The second-order valence-electron chi connectivity index (χ2n) is 3.25. The van der Waals surface area contributed by atoms with Crippen molar-refractivity contribution in [3.63, 3.8) is 0 Å². The summed E-state index contributed by atoms with van der Waals surface area (Å²) < 4.78 is 0. The Kier molecular flexibility index (Phi) is 5.62. The quantitative estimate of drug-likeness (QED) is 0.511. The fraction of sp³-hybridized carbons (Fsp3) is 0.600. The lowest BCUT2D eigenvalue weighted by molar-refractivity contribution is -0.0225. The lowest BCUT2D eigenvalue weighted by atomic mass is 9.89. The minimum atomic E-state index is -1.02. The Morgan fingerprint density at radius 1 is 1.23 bits per heavy atom. The molecule has 1 atom stereocenters. The average Bonchev–Trinajstić information content (AvgIpc) is 2.04. The molecule has 0 aromatic carbocycles. The molecule has 3 nitrogen and oxygen atoms in total. The molecule has 0 aliphatic carbocycles. The Morgan fingerprint density at radius 2 is 1.69 bits per heavy atom. The third-order valence-electron chi connectivity index (χ3n) is 1.87. The van der Waals surface area contributed by atoms with Gasteiger partial charge in [0.05, 0.1) is 18.3 Å². The molecule has 0 saturated carbocycles. The van der Waals surface area contributed by atoms with Crippen molar-refractivity contribution in [3.8, 4) is 0 Å². The largest absolute Gasteiger partial charge is 0.394 e. The minimum absolute atomic E-state index is 0.140. The number of rotatable bonds is 7. The average molecular weight is 186 g/mol. The van der Waals surface area contributed by atoms with Crippen LogP contribution in [-0.4, -0.2) is 33.6 Å². The summed E-state index contributed by atoms with van der Waals surface area (Å²) in [6.07, 6.45) is 3.21. The lowest BCUT2D eigenvalue weighted by Gasteiger charge is -2.27. The van der Waals surface area contributed by atoms with Crippen LogP contribution in [0.1, 0.15) is 19.3 Å². The molecule has 0 saturated heterocycles. The summed E-state index contributed by atoms with van der Waals surface area (Å²) in [4.78, 5) is 0. The highest BCUT2D eigenvalue weighted by Crippen LogP contribution is 2.22. The molecular weight excluding hydrogens is 168 g/mol. The summed E-state index contributed by atoms with van der Waals surface area (Å²) in [5.41, 5.74) is -1.02. The van der Waals surface area contributed by atoms with Crippen LogP contribution >= 0.6 is 0 Å². The van der Waals surface area contributed by atoms with E-state index in [1.165, 1.54) is 0 Å². The molecule has 0 heterocycles. The summed E-state index contributed by atoms with van der Waals surface area (Å²) >= 11 is 0. The van der Waals surface area contributed by atoms with Gasteiger partial charge in [-0.1, -0.05) is 12.2 Å². The number of hydrogen-bond acceptors (Lipinski definition) is 3. The Hall–Kier alpha value is -0.640. The predicted molar refractivity (Wildman–Crippen MR) is 52.3 cm³/mol. The highest BCUT2D eigenvalue weighted by molar-refractivity contribution is 4.93. The van der Waals surface area contributed by atoms with Crippen LogP contribution in [0.15, 0.2) is 25.3 Å². The fourth-order valence-corrected chi connectivity index (χ4v) is 1.29. The van der Waals surface area contributed by atoms with E-state index in [0.29, 0.717) is 12.8 Å². The van der Waals surface area contributed by atoms with Crippen LogP contribution in [0, 0.1) is 0 Å². The van der Waals surface area contributed by atoms with Gasteiger partial charge in [-0.05, 0) is 12.8 Å². The first-order chi connectivity index (χ1) is 6.08. The zero-order valence-corrected chi connectivity index (χ0v) is 7.82. The highest BCUT2D eigenvalue weighted by Gasteiger charge is 2.26. The molecule has 0 bridgehead atoms. The van der Waals surface area contributed by atoms with Gasteiger partial charge in [0.25, 0.3) is 0 Å². The molecule has 0 aliphatic heterocycles. The topological polar surface area (TPSA) is 60.7 Å². The summed E-state index contributed by atoms with van der Waals surface area (Å²) in [5.74, 6) is 0. The van der Waals surface area contributed by atoms with E-state index in [9.17, 15) is 5.11 Å². The van der Waals surface area contributed by atoms with E-state index in [0.717, 1.165) is 0 Å². The van der Waals surface area contributed by atoms with E-state index in [-0.39, 0.29) is 13.0 Å². The van der Waals surface area contributed by atoms with Gasteiger partial charge in [-0.25, -0.2) is 0 Å². The summed E-state index contributed by atoms with van der Waals surface area (Å²) in [6, 6.07) is 0. The van der Waals surface area contributed by atoms with E-state index in [1.54, 1.807) is 12.2 Å². The van der Waals surface area contributed by atoms with Crippen molar-refractivity contribution >= 4 is 0 Å². The number of aliphatic hydroxyl groups excluding tert-OH is 2. The molecule has 3 N–H and O–H groups in total. The van der Waals surface area contributed by atoms with E-state index in [2.05, 4.69) is 13.2 Å². The molecule has 13 heavy (non-hydrogen) atoms. The van der Waals surface area contributed by atoms with Crippen LogP contribution in [0.2, 0.25) is 0 Å². The molecule has 0 rings (SSSR count). The maximum atomic E-state index is 9.90. The van der Waals surface area contributed by atoms with Crippen molar-refractivity contribution in [2.45, 2.75) is 31.0 Å². The smallest absolute Gasteiger partial charge is 0.0798 e. The molecule has 3 heteroatoms. The van der Waals surface area contributed by atoms with Crippen LogP contribution in [0.3, 0.4) is 0 Å². The van der Waals surface area contributed by atoms with Crippen LogP contribution in [0.4, 0.5) is 0 Å². The Bertz CT molecular complexity index is 156. The Morgan fingerprint density at radius 3 is 2.00 bits per heavy atom. The van der Waals surface area contributed by atoms with Gasteiger partial charge in [0.1, 0.15) is 0 Å². The van der Waals surface area contributed by atoms with Crippen molar-refractivity contribution in [2.24, 2.45) is 0 Å². The van der Waals surface area contributed by atoms with Crippen molar-refractivity contribution in [1.29, 1.82) is 0 Å². The van der Waals surface area contributed by atoms with Gasteiger partial charge < -0.3 is 15.3 Å². The molecule has 0 spiro atoms. The fourth-order valence-electron chi connectivity index (χ4n) is 1.29. The Balaban J connectivity index is 4.20. The maximum Gasteiger partial charge on any atom is 0.0798 e. The molecule has 0 radical (unpaired) electrons. The monoisotopic (exact) mass is 186 g/mol. The van der Waals surface area contributed by atoms with Gasteiger partial charge in [-0.2, -0.15) is 0 Å².